The van der Waals surface area contributed by atoms with E-state index >= 15 is 0 Å². The number of phenols is 1. The Morgan fingerprint density at radius 1 is 0.857 bits per heavy atom. The monoisotopic (exact) mass is 901 g/mol. The van der Waals surface area contributed by atoms with Crippen LogP contribution in [-0.2, 0) is 40.0 Å². The number of carbonyl (C=O) groups is 7. The van der Waals surface area contributed by atoms with Crippen LogP contribution in [-0.4, -0.2) is 131 Å². The third-order valence-corrected chi connectivity index (χ3v) is 9.74. The van der Waals surface area contributed by atoms with E-state index in [4.69, 9.17) is 21.4 Å². The minimum absolute atomic E-state index is 0.00600. The maximum absolute atomic E-state index is 14.1. The lowest BCUT2D eigenvalue weighted by atomic mass is 9.85. The molecule has 1 aromatic carbocycles. The number of guanidine groups is 1. The van der Waals surface area contributed by atoms with Crippen molar-refractivity contribution in [3.05, 3.63) is 29.8 Å². The second-order valence-corrected chi connectivity index (χ2v) is 16.7. The number of hydrogen-bond donors (Lipinski definition) is 10. The highest BCUT2D eigenvalue weighted by molar-refractivity contribution is 5.96. The number of nitrogens with two attached hydrogens (primary N) is 2. The van der Waals surface area contributed by atoms with Crippen molar-refractivity contribution in [1.82, 2.24) is 31.5 Å². The van der Waals surface area contributed by atoms with E-state index in [9.17, 15) is 52.2 Å². The molecule has 1 fully saturated rings. The van der Waals surface area contributed by atoms with Crippen LogP contribution in [0.15, 0.2) is 29.3 Å². The Labute approximate surface area is 365 Å². The predicted octanol–water partition coefficient (Wildman–Crippen LogP) is 1.51. The van der Waals surface area contributed by atoms with Crippen LogP contribution in [0.25, 0.3) is 0 Å². The van der Waals surface area contributed by atoms with Gasteiger partial charge in [0.1, 0.15) is 36.0 Å². The minimum Gasteiger partial charge on any atom is -0.508 e. The standard InChI is InChI=1S/C39H65N9O8.C2HF3O2/c1-24(2)22-29(37(55)56)46-35(53)32(39(3,4)5)47-33(51)28(23-25-15-17-26(49)18-16-25)45-34(52)30-13-11-21-48(30)36(54)27(12-10-20-43-38(40)41)44-31(50)14-8-7-9-19-42-6;3-2(4,5)1(6)7/h15-18,24,27-30,32,42,49H,7-14,19-23H2,1-6H3,(H,44,50)(H,45,52)(H,46,53)(H,47,51)(H,55,56)(H4,40,41,43);(H,6,7)/t27-,28-,29-,30-,32+;/m0./s1. The van der Waals surface area contributed by atoms with Crippen molar-refractivity contribution in [1.29, 1.82) is 0 Å². The summed E-state index contributed by atoms with van der Waals surface area (Å²) in [5.74, 6) is -6.77. The quantitative estimate of drug-likeness (QED) is 0.0424. The van der Waals surface area contributed by atoms with Gasteiger partial charge in [0.2, 0.25) is 29.5 Å². The Morgan fingerprint density at radius 3 is 2.00 bits per heavy atom. The minimum atomic E-state index is -5.08. The van der Waals surface area contributed by atoms with Gasteiger partial charge in [-0.2, -0.15) is 13.2 Å². The fraction of sp³-hybridized carbons (Fsp3) is 0.659. The molecule has 12 N–H and O–H groups in total. The number of unbranched alkanes of at least 4 members (excludes halogenated alkanes) is 2. The van der Waals surface area contributed by atoms with Gasteiger partial charge >= 0.3 is 18.1 Å². The maximum Gasteiger partial charge on any atom is 0.490 e. The Balaban J connectivity index is 0.00000260. The largest absolute Gasteiger partial charge is 0.508 e. The lowest BCUT2D eigenvalue weighted by Crippen LogP contribution is -2.61. The first-order chi connectivity index (χ1) is 29.3. The first-order valence-corrected chi connectivity index (χ1v) is 20.8. The van der Waals surface area contributed by atoms with Gasteiger partial charge in [0.15, 0.2) is 5.96 Å². The molecule has 0 saturated carbocycles. The number of carboxylic acid groups (broad SMARTS) is 2. The number of amides is 5. The number of halogens is 3. The Hall–Kier alpha value is -5.67. The summed E-state index contributed by atoms with van der Waals surface area (Å²) in [5.41, 5.74) is 10.7. The molecule has 5 atom stereocenters. The molecule has 1 saturated heterocycles. The van der Waals surface area contributed by atoms with Crippen LogP contribution in [0.4, 0.5) is 13.2 Å². The zero-order chi connectivity index (χ0) is 48.1. The number of aromatic hydroxyl groups is 1. The molecule has 0 aromatic heterocycles. The number of alkyl halides is 3. The van der Waals surface area contributed by atoms with Gasteiger partial charge < -0.3 is 58.3 Å². The number of rotatable bonds is 23. The van der Waals surface area contributed by atoms with Crippen molar-refractivity contribution in [2.75, 3.05) is 26.7 Å². The molecule has 1 aromatic rings. The number of aliphatic imine (C=N–C) groups is 1. The zero-order valence-corrected chi connectivity index (χ0v) is 36.8. The number of carbonyl (C=O) groups excluding carboxylic acids is 5. The summed E-state index contributed by atoms with van der Waals surface area (Å²) in [5, 5.41) is 40.8. The van der Waals surface area contributed by atoms with E-state index in [0.29, 0.717) is 31.2 Å². The summed E-state index contributed by atoms with van der Waals surface area (Å²) in [6.45, 7) is 10.2. The van der Waals surface area contributed by atoms with Gasteiger partial charge in [-0.15, -0.1) is 0 Å². The molecule has 5 amide bonds. The molecule has 1 aliphatic rings. The van der Waals surface area contributed by atoms with Crippen molar-refractivity contribution in [3.63, 3.8) is 0 Å². The van der Waals surface area contributed by atoms with Gasteiger partial charge in [-0.1, -0.05) is 53.2 Å². The Kier molecular flexibility index (Phi) is 23.5. The van der Waals surface area contributed by atoms with Crippen molar-refractivity contribution in [2.45, 2.75) is 135 Å². The zero-order valence-electron chi connectivity index (χ0n) is 36.8. The van der Waals surface area contributed by atoms with Crippen LogP contribution >= 0.6 is 0 Å². The molecule has 19 nitrogen and oxygen atoms in total. The number of carboxylic acids is 2. The highest BCUT2D eigenvalue weighted by atomic mass is 19.4. The van der Waals surface area contributed by atoms with E-state index in [2.05, 4.69) is 31.6 Å². The third kappa shape index (κ3) is 21.3. The molecule has 63 heavy (non-hydrogen) atoms. The van der Waals surface area contributed by atoms with Crippen LogP contribution in [0.3, 0.4) is 0 Å². The van der Waals surface area contributed by atoms with Crippen LogP contribution in [0.2, 0.25) is 0 Å². The van der Waals surface area contributed by atoms with Gasteiger partial charge in [-0.25, -0.2) is 9.59 Å². The first-order valence-electron chi connectivity index (χ1n) is 20.8. The average molecular weight is 902 g/mol. The van der Waals surface area contributed by atoms with E-state index < -0.39 is 77.4 Å². The number of nitrogens with zero attached hydrogens (tertiary/aromatic N) is 2. The number of benzene rings is 1. The van der Waals surface area contributed by atoms with Crippen LogP contribution in [0.5, 0.6) is 5.75 Å². The topological polar surface area (TPSA) is 308 Å². The van der Waals surface area contributed by atoms with E-state index in [-0.39, 0.29) is 62.3 Å². The molecule has 0 spiro atoms. The highest BCUT2D eigenvalue weighted by Gasteiger charge is 2.41. The number of likely N-dealkylation sites (tertiary alicyclic amines) is 1. The Bertz CT molecular complexity index is 1700. The van der Waals surface area contributed by atoms with Crippen LogP contribution < -0.4 is 38.1 Å². The van der Waals surface area contributed by atoms with Gasteiger partial charge in [0.05, 0.1) is 0 Å². The van der Waals surface area contributed by atoms with E-state index in [1.54, 1.807) is 32.9 Å². The summed E-state index contributed by atoms with van der Waals surface area (Å²) in [4.78, 5) is 95.0. The third-order valence-electron chi connectivity index (χ3n) is 9.74. The molecule has 356 valence electrons. The summed E-state index contributed by atoms with van der Waals surface area (Å²) in [6.07, 6.45) is -0.853. The molecule has 0 radical (unpaired) electrons. The molecule has 1 aliphatic heterocycles. The number of nitrogens with one attached hydrogen (secondary N) is 5. The molecule has 1 heterocycles. The number of hydrogen-bond acceptors (Lipinski definition) is 10. The average Bonchev–Trinajstić information content (AvgIpc) is 3.67. The first kappa shape index (κ1) is 55.3. The van der Waals surface area contributed by atoms with Gasteiger partial charge in [-0.05, 0) is 87.6 Å². The fourth-order valence-electron chi connectivity index (χ4n) is 6.51. The maximum atomic E-state index is 14.1. The summed E-state index contributed by atoms with van der Waals surface area (Å²) in [6, 6.07) is 0.609. The normalized spacial score (nSPS) is 15.7. The van der Waals surface area contributed by atoms with E-state index in [1.807, 2.05) is 20.9 Å². The molecule has 22 heteroatoms. The Morgan fingerprint density at radius 2 is 1.48 bits per heavy atom. The van der Waals surface area contributed by atoms with Crippen LogP contribution in [0.1, 0.15) is 98.0 Å². The van der Waals surface area contributed by atoms with Gasteiger partial charge in [-0.3, -0.25) is 29.0 Å². The molecule has 0 bridgehead atoms. The smallest absolute Gasteiger partial charge is 0.490 e. The molecule has 0 aliphatic carbocycles. The SMILES string of the molecule is CNCCCCCC(=O)N[C@@H](CCCN=C(N)N)C(=O)N1CCC[C@H]1C(=O)N[C@@H](Cc1ccc(O)cc1)C(=O)N[C@H](C(=O)N[C@@H](CC(C)C)C(=O)O)C(C)(C)C.O=C(O)C(F)(F)F. The van der Waals surface area contributed by atoms with E-state index in [1.165, 1.54) is 17.0 Å². The lowest BCUT2D eigenvalue weighted by Gasteiger charge is -2.33. The predicted molar refractivity (Wildman–Crippen MR) is 227 cm³/mol. The van der Waals surface area contributed by atoms with Crippen molar-refractivity contribution >= 4 is 47.4 Å². The number of phenolic OH excluding ortho intramolecular Hbond substituents is 1. The van der Waals surface area contributed by atoms with Crippen molar-refractivity contribution < 1.29 is 62.1 Å². The lowest BCUT2D eigenvalue weighted by molar-refractivity contribution is -0.192. The highest BCUT2D eigenvalue weighted by Crippen LogP contribution is 2.23. The molecular weight excluding hydrogens is 835 g/mol. The van der Waals surface area contributed by atoms with Gasteiger partial charge in [0, 0.05) is 25.9 Å². The van der Waals surface area contributed by atoms with Crippen molar-refractivity contribution in [3.8, 4) is 5.75 Å². The van der Waals surface area contributed by atoms with Gasteiger partial charge in [0.25, 0.3) is 0 Å². The summed E-state index contributed by atoms with van der Waals surface area (Å²) in [7, 11) is 1.86. The fourth-order valence-corrected chi connectivity index (χ4v) is 6.51. The molecular formula is C41H66F3N9O10. The second-order valence-electron chi connectivity index (χ2n) is 16.7. The summed E-state index contributed by atoms with van der Waals surface area (Å²) >= 11 is 0. The van der Waals surface area contributed by atoms with E-state index in [0.717, 1.165) is 19.4 Å². The van der Waals surface area contributed by atoms with Crippen LogP contribution in [0, 0.1) is 11.3 Å². The number of aliphatic carboxylic acids is 2. The molecule has 2 rings (SSSR count). The second kappa shape index (κ2) is 26.7. The van der Waals surface area contributed by atoms with Crippen molar-refractivity contribution in [2.24, 2.45) is 27.8 Å². The summed E-state index contributed by atoms with van der Waals surface area (Å²) < 4.78 is 31.7. The molecule has 0 unspecified atom stereocenters.